The van der Waals surface area contributed by atoms with Crippen molar-refractivity contribution in [3.8, 4) is 5.75 Å². The van der Waals surface area contributed by atoms with E-state index in [4.69, 9.17) is 4.74 Å². The van der Waals surface area contributed by atoms with E-state index in [-0.39, 0.29) is 6.04 Å². The molecule has 1 atom stereocenters. The molecule has 0 aliphatic rings. The second-order valence-corrected chi connectivity index (χ2v) is 6.50. The van der Waals surface area contributed by atoms with Crippen LogP contribution in [0.4, 0.5) is 5.69 Å². The minimum absolute atomic E-state index is 0.0553. The van der Waals surface area contributed by atoms with Gasteiger partial charge in [-0.25, -0.2) is 0 Å². The highest BCUT2D eigenvalue weighted by molar-refractivity contribution is 5.86. The molecule has 0 saturated heterocycles. The van der Waals surface area contributed by atoms with Gasteiger partial charge in [0.2, 0.25) is 0 Å². The van der Waals surface area contributed by atoms with Crippen LogP contribution in [-0.2, 0) is 0 Å². The summed E-state index contributed by atoms with van der Waals surface area (Å²) in [6.45, 7) is 4.77. The number of aromatic amines is 1. The third-order valence-corrected chi connectivity index (χ3v) is 4.69. The first-order chi connectivity index (χ1) is 13.3. The van der Waals surface area contributed by atoms with E-state index in [1.165, 1.54) is 10.9 Å². The van der Waals surface area contributed by atoms with Gasteiger partial charge in [0.25, 0.3) is 0 Å². The van der Waals surface area contributed by atoms with Crippen molar-refractivity contribution in [2.45, 2.75) is 19.9 Å². The van der Waals surface area contributed by atoms with Crippen molar-refractivity contribution < 1.29 is 4.74 Å². The van der Waals surface area contributed by atoms with Crippen molar-refractivity contribution in [2.24, 2.45) is 0 Å². The normalized spacial score (nSPS) is 12.1. The molecule has 4 rings (SSSR count). The Labute approximate surface area is 159 Å². The molecule has 2 aromatic carbocycles. The number of fused-ring (bicyclic) bond motifs is 1. The van der Waals surface area contributed by atoms with E-state index >= 15 is 0 Å². The van der Waals surface area contributed by atoms with Crippen molar-refractivity contribution in [1.82, 2.24) is 9.97 Å². The molecule has 0 fully saturated rings. The zero-order valence-corrected chi connectivity index (χ0v) is 15.6. The topological polar surface area (TPSA) is 49.9 Å². The van der Waals surface area contributed by atoms with Crippen molar-refractivity contribution in [3.63, 3.8) is 0 Å². The number of aromatic nitrogens is 2. The number of aryl methyl sites for hydroxylation is 1. The summed E-state index contributed by atoms with van der Waals surface area (Å²) < 4.78 is 5.55. The molecule has 0 aliphatic heterocycles. The summed E-state index contributed by atoms with van der Waals surface area (Å²) in [7, 11) is 0. The quantitative estimate of drug-likeness (QED) is 0.481. The van der Waals surface area contributed by atoms with Crippen molar-refractivity contribution in [3.05, 3.63) is 89.9 Å². The van der Waals surface area contributed by atoms with E-state index in [0.717, 1.165) is 28.3 Å². The predicted molar refractivity (Wildman–Crippen MR) is 110 cm³/mol. The van der Waals surface area contributed by atoms with E-state index in [1.54, 1.807) is 0 Å². The fourth-order valence-electron chi connectivity index (χ4n) is 3.49. The zero-order chi connectivity index (χ0) is 18.6. The molecule has 0 amide bonds. The van der Waals surface area contributed by atoms with Crippen LogP contribution in [0, 0.1) is 6.92 Å². The van der Waals surface area contributed by atoms with E-state index in [2.05, 4.69) is 52.5 Å². The number of rotatable bonds is 6. The van der Waals surface area contributed by atoms with Gasteiger partial charge in [0.1, 0.15) is 5.75 Å². The second kappa shape index (κ2) is 7.54. The number of benzene rings is 2. The first-order valence-electron chi connectivity index (χ1n) is 9.24. The molecule has 0 aliphatic carbocycles. The summed E-state index contributed by atoms with van der Waals surface area (Å²) in [5.74, 6) is 0.876. The summed E-state index contributed by atoms with van der Waals surface area (Å²) in [4.78, 5) is 8.13. The highest BCUT2D eigenvalue weighted by Gasteiger charge is 2.21. The zero-order valence-electron chi connectivity index (χ0n) is 15.6. The summed E-state index contributed by atoms with van der Waals surface area (Å²) in [5.41, 5.74) is 5.51. The SMILES string of the molecule is CCOc1ccc(NC(c2ccccn2)c2c(C)[nH]c3ccccc23)cc1. The molecule has 2 aromatic heterocycles. The van der Waals surface area contributed by atoms with Crippen LogP contribution in [0.1, 0.15) is 29.9 Å². The van der Waals surface area contributed by atoms with Gasteiger partial charge in [-0.3, -0.25) is 4.98 Å². The summed E-state index contributed by atoms with van der Waals surface area (Å²) in [6, 6.07) is 22.4. The molecule has 0 saturated carbocycles. The van der Waals surface area contributed by atoms with E-state index in [0.29, 0.717) is 6.61 Å². The summed E-state index contributed by atoms with van der Waals surface area (Å²) in [5, 5.41) is 4.87. The molecule has 136 valence electrons. The first-order valence-corrected chi connectivity index (χ1v) is 9.24. The summed E-state index contributed by atoms with van der Waals surface area (Å²) >= 11 is 0. The standard InChI is InChI=1S/C23H23N3O/c1-3-27-18-13-11-17(12-14-18)26-23(21-10-6-7-15-24-21)22-16(2)25-20-9-5-4-8-19(20)22/h4-15,23,25-26H,3H2,1-2H3. The van der Waals surface area contributed by atoms with Gasteiger partial charge < -0.3 is 15.0 Å². The molecule has 4 nitrogen and oxygen atoms in total. The Morgan fingerprint density at radius 2 is 1.78 bits per heavy atom. The highest BCUT2D eigenvalue weighted by Crippen LogP contribution is 2.34. The molecular formula is C23H23N3O. The number of para-hydroxylation sites is 1. The largest absolute Gasteiger partial charge is 0.494 e. The maximum absolute atomic E-state index is 5.55. The van der Waals surface area contributed by atoms with Crippen LogP contribution in [-0.4, -0.2) is 16.6 Å². The summed E-state index contributed by atoms with van der Waals surface area (Å²) in [6.07, 6.45) is 1.84. The lowest BCUT2D eigenvalue weighted by Crippen LogP contribution is -2.14. The molecule has 0 spiro atoms. The number of anilines is 1. The van der Waals surface area contributed by atoms with Gasteiger partial charge in [-0.2, -0.15) is 0 Å². The lowest BCUT2D eigenvalue weighted by molar-refractivity contribution is 0.340. The molecular weight excluding hydrogens is 334 g/mol. The average Bonchev–Trinajstić information content (AvgIpc) is 3.04. The fraction of sp³-hybridized carbons (Fsp3) is 0.174. The Kier molecular flexibility index (Phi) is 4.79. The Morgan fingerprint density at radius 1 is 1.00 bits per heavy atom. The van der Waals surface area contributed by atoms with Crippen LogP contribution in [0.25, 0.3) is 10.9 Å². The fourth-order valence-corrected chi connectivity index (χ4v) is 3.49. The number of hydrogen-bond donors (Lipinski definition) is 2. The molecule has 0 radical (unpaired) electrons. The minimum Gasteiger partial charge on any atom is -0.494 e. The molecule has 1 unspecified atom stereocenters. The van der Waals surface area contributed by atoms with Gasteiger partial charge in [-0.15, -0.1) is 0 Å². The van der Waals surface area contributed by atoms with Crippen molar-refractivity contribution >= 4 is 16.6 Å². The van der Waals surface area contributed by atoms with Crippen LogP contribution >= 0.6 is 0 Å². The minimum atomic E-state index is -0.0553. The Balaban J connectivity index is 1.77. The van der Waals surface area contributed by atoms with E-state index in [9.17, 15) is 0 Å². The molecule has 4 aromatic rings. The monoisotopic (exact) mass is 357 g/mol. The van der Waals surface area contributed by atoms with Gasteiger partial charge in [0.15, 0.2) is 0 Å². The number of ether oxygens (including phenoxy) is 1. The van der Waals surface area contributed by atoms with Gasteiger partial charge in [0.05, 0.1) is 18.3 Å². The Hall–Kier alpha value is -3.27. The van der Waals surface area contributed by atoms with Gasteiger partial charge in [-0.1, -0.05) is 24.3 Å². The number of hydrogen-bond acceptors (Lipinski definition) is 3. The van der Waals surface area contributed by atoms with Crippen LogP contribution in [0.3, 0.4) is 0 Å². The van der Waals surface area contributed by atoms with Crippen LogP contribution < -0.4 is 10.1 Å². The Morgan fingerprint density at radius 3 is 2.52 bits per heavy atom. The third-order valence-electron chi connectivity index (χ3n) is 4.69. The van der Waals surface area contributed by atoms with Crippen molar-refractivity contribution in [2.75, 3.05) is 11.9 Å². The number of nitrogens with one attached hydrogen (secondary N) is 2. The van der Waals surface area contributed by atoms with Crippen LogP contribution in [0.5, 0.6) is 5.75 Å². The number of pyridine rings is 1. The smallest absolute Gasteiger partial charge is 0.119 e. The van der Waals surface area contributed by atoms with Crippen LogP contribution in [0.2, 0.25) is 0 Å². The maximum Gasteiger partial charge on any atom is 0.119 e. The van der Waals surface area contributed by atoms with Gasteiger partial charge >= 0.3 is 0 Å². The lowest BCUT2D eigenvalue weighted by atomic mass is 9.99. The van der Waals surface area contributed by atoms with E-state index < -0.39 is 0 Å². The van der Waals surface area contributed by atoms with Gasteiger partial charge in [-0.05, 0) is 56.3 Å². The molecule has 2 heterocycles. The second-order valence-electron chi connectivity index (χ2n) is 6.50. The lowest BCUT2D eigenvalue weighted by Gasteiger charge is -2.21. The maximum atomic E-state index is 5.55. The van der Waals surface area contributed by atoms with Gasteiger partial charge in [0, 0.05) is 34.0 Å². The molecule has 0 bridgehead atoms. The highest BCUT2D eigenvalue weighted by atomic mass is 16.5. The molecule has 4 heteroatoms. The average molecular weight is 357 g/mol. The molecule has 27 heavy (non-hydrogen) atoms. The first kappa shape index (κ1) is 17.2. The number of H-pyrrole nitrogens is 1. The third kappa shape index (κ3) is 3.51. The van der Waals surface area contributed by atoms with E-state index in [1.807, 2.05) is 49.5 Å². The van der Waals surface area contributed by atoms with Crippen LogP contribution in [0.15, 0.2) is 72.9 Å². The number of nitrogens with zero attached hydrogens (tertiary/aromatic N) is 1. The molecule has 2 N–H and O–H groups in total. The predicted octanol–water partition coefficient (Wildman–Crippen LogP) is 5.47. The Bertz CT molecular complexity index is 1020. The van der Waals surface area contributed by atoms with Crippen molar-refractivity contribution in [1.29, 1.82) is 0 Å².